The summed E-state index contributed by atoms with van der Waals surface area (Å²) >= 11 is 5.87. The third-order valence-electron chi connectivity index (χ3n) is 5.07. The van der Waals surface area contributed by atoms with Gasteiger partial charge in [-0.2, -0.15) is 5.26 Å². The first-order chi connectivity index (χ1) is 12.2. The molecule has 5 heteroatoms. The first-order valence-electron chi connectivity index (χ1n) is 8.65. The molecule has 0 radical (unpaired) electrons. The fourth-order valence-electron chi connectivity index (χ4n) is 3.86. The summed E-state index contributed by atoms with van der Waals surface area (Å²) in [6.45, 7) is 0. The van der Waals surface area contributed by atoms with Gasteiger partial charge >= 0.3 is 0 Å². The number of carbonyl (C=O) groups is 1. The topological polar surface area (TPSA) is 57.0 Å². The van der Waals surface area contributed by atoms with Gasteiger partial charge in [-0.05, 0) is 73.4 Å². The Morgan fingerprint density at radius 3 is 2.68 bits per heavy atom. The second-order valence-electron chi connectivity index (χ2n) is 6.60. The van der Waals surface area contributed by atoms with Crippen LogP contribution >= 0.6 is 11.6 Å². The molecule has 0 saturated heterocycles. The maximum atomic E-state index is 12.6. The smallest absolute Gasteiger partial charge is 0.247 e. The van der Waals surface area contributed by atoms with Gasteiger partial charge in [0.1, 0.15) is 11.9 Å². The van der Waals surface area contributed by atoms with Crippen LogP contribution in [0.5, 0.6) is 0 Å². The predicted molar refractivity (Wildman–Crippen MR) is 97.3 cm³/mol. The van der Waals surface area contributed by atoms with Crippen molar-refractivity contribution < 1.29 is 4.79 Å². The molecule has 1 amide bonds. The number of alkyl halides is 1. The average Bonchev–Trinajstić information content (AvgIpc) is 3.29. The van der Waals surface area contributed by atoms with E-state index in [-0.39, 0.29) is 11.8 Å². The van der Waals surface area contributed by atoms with E-state index < -0.39 is 0 Å². The van der Waals surface area contributed by atoms with Crippen LogP contribution in [0, 0.1) is 11.3 Å². The lowest BCUT2D eigenvalue weighted by Gasteiger charge is -2.23. The molecular weight excluding hydrogens is 334 g/mol. The molecule has 0 spiro atoms. The minimum absolute atomic E-state index is 0.152. The van der Waals surface area contributed by atoms with Crippen LogP contribution in [0.4, 0.5) is 11.5 Å². The molecule has 0 bridgehead atoms. The maximum Gasteiger partial charge on any atom is 0.247 e. The van der Waals surface area contributed by atoms with Gasteiger partial charge in [-0.25, -0.2) is 4.98 Å². The van der Waals surface area contributed by atoms with Crippen molar-refractivity contribution >= 4 is 29.0 Å². The monoisotopic (exact) mass is 351 g/mol. The molecule has 126 valence electrons. The van der Waals surface area contributed by atoms with E-state index in [1.165, 1.54) is 16.0 Å². The lowest BCUT2D eigenvalue weighted by atomic mass is 10.1. The third kappa shape index (κ3) is 2.79. The Bertz CT molecular complexity index is 901. The number of hydrogen-bond donors (Lipinski definition) is 0. The van der Waals surface area contributed by atoms with Crippen molar-refractivity contribution in [2.75, 3.05) is 10.8 Å². The van der Waals surface area contributed by atoms with E-state index in [0.29, 0.717) is 11.4 Å². The van der Waals surface area contributed by atoms with Gasteiger partial charge in [0.15, 0.2) is 5.82 Å². The van der Waals surface area contributed by atoms with Crippen LogP contribution < -0.4 is 4.90 Å². The summed E-state index contributed by atoms with van der Waals surface area (Å²) < 4.78 is 0. The number of pyridine rings is 1. The summed E-state index contributed by atoms with van der Waals surface area (Å²) in [4.78, 5) is 18.8. The van der Waals surface area contributed by atoms with Gasteiger partial charge < -0.3 is 0 Å². The number of amides is 1. The standard InChI is InChI=1S/C20H18ClN3O/c21-11-19(25)24(17-8-7-13-3-1-4-14(13)10-17)20-16(12-22)9-15-5-2-6-18(15)23-20/h7-10H,1-6,11H2. The highest BCUT2D eigenvalue weighted by Crippen LogP contribution is 2.34. The number of halogens is 1. The molecule has 0 aliphatic heterocycles. The normalized spacial score (nSPS) is 14.7. The second-order valence-corrected chi connectivity index (χ2v) is 6.87. The van der Waals surface area contributed by atoms with Crippen molar-refractivity contribution in [1.29, 1.82) is 5.26 Å². The summed E-state index contributed by atoms with van der Waals surface area (Å²) in [5, 5.41) is 9.59. The van der Waals surface area contributed by atoms with Crippen LogP contribution in [-0.4, -0.2) is 16.8 Å². The highest BCUT2D eigenvalue weighted by Gasteiger charge is 2.26. The number of benzene rings is 1. The summed E-state index contributed by atoms with van der Waals surface area (Å²) in [7, 11) is 0. The van der Waals surface area contributed by atoms with Crippen molar-refractivity contribution in [3.63, 3.8) is 0 Å². The maximum absolute atomic E-state index is 12.6. The molecule has 2 aliphatic carbocycles. The van der Waals surface area contributed by atoms with Gasteiger partial charge in [0, 0.05) is 5.69 Å². The van der Waals surface area contributed by atoms with E-state index in [1.807, 2.05) is 18.2 Å². The average molecular weight is 352 g/mol. The zero-order chi connectivity index (χ0) is 17.4. The highest BCUT2D eigenvalue weighted by molar-refractivity contribution is 6.30. The number of hydrogen-bond acceptors (Lipinski definition) is 3. The number of nitriles is 1. The lowest BCUT2D eigenvalue weighted by Crippen LogP contribution is -2.29. The molecule has 4 rings (SSSR count). The zero-order valence-electron chi connectivity index (χ0n) is 13.9. The predicted octanol–water partition coefficient (Wildman–Crippen LogP) is 3.83. The van der Waals surface area contributed by atoms with Crippen molar-refractivity contribution in [2.45, 2.75) is 38.5 Å². The Balaban J connectivity index is 1.86. The van der Waals surface area contributed by atoms with E-state index in [9.17, 15) is 10.1 Å². The van der Waals surface area contributed by atoms with E-state index in [1.54, 1.807) is 0 Å². The molecule has 2 aromatic rings. The number of nitrogens with zero attached hydrogens (tertiary/aromatic N) is 3. The molecule has 2 aliphatic rings. The summed E-state index contributed by atoms with van der Waals surface area (Å²) in [5.74, 6) is -0.00548. The number of rotatable bonds is 3. The third-order valence-corrected chi connectivity index (χ3v) is 5.30. The minimum Gasteiger partial charge on any atom is -0.273 e. The molecule has 0 atom stereocenters. The molecule has 1 aromatic heterocycles. The van der Waals surface area contributed by atoms with Gasteiger partial charge in [-0.1, -0.05) is 6.07 Å². The van der Waals surface area contributed by atoms with Crippen molar-refractivity contribution in [1.82, 2.24) is 4.98 Å². The van der Waals surface area contributed by atoms with Crippen LogP contribution in [0.2, 0.25) is 0 Å². The molecule has 1 heterocycles. The highest BCUT2D eigenvalue weighted by atomic mass is 35.5. The second kappa shape index (κ2) is 6.50. The van der Waals surface area contributed by atoms with Gasteiger partial charge in [-0.3, -0.25) is 9.69 Å². The van der Waals surface area contributed by atoms with E-state index in [0.717, 1.165) is 55.5 Å². The van der Waals surface area contributed by atoms with Crippen LogP contribution in [0.15, 0.2) is 24.3 Å². The Morgan fingerprint density at radius 2 is 1.88 bits per heavy atom. The van der Waals surface area contributed by atoms with Crippen LogP contribution in [0.3, 0.4) is 0 Å². The molecule has 0 N–H and O–H groups in total. The molecule has 25 heavy (non-hydrogen) atoms. The van der Waals surface area contributed by atoms with E-state index in [2.05, 4.69) is 17.1 Å². The van der Waals surface area contributed by atoms with Crippen molar-refractivity contribution in [2.24, 2.45) is 0 Å². The minimum atomic E-state index is -0.262. The molecule has 1 aromatic carbocycles. The number of carbonyl (C=O) groups excluding carboxylic acids is 1. The largest absolute Gasteiger partial charge is 0.273 e. The van der Waals surface area contributed by atoms with Gasteiger partial charge in [0.05, 0.1) is 11.3 Å². The van der Waals surface area contributed by atoms with E-state index >= 15 is 0 Å². The Hall–Kier alpha value is -2.38. The Morgan fingerprint density at radius 1 is 1.12 bits per heavy atom. The van der Waals surface area contributed by atoms with Gasteiger partial charge in [-0.15, -0.1) is 11.6 Å². The molecule has 4 nitrogen and oxygen atoms in total. The number of aryl methyl sites for hydroxylation is 4. The molecule has 0 unspecified atom stereocenters. The Labute approximate surface area is 152 Å². The number of anilines is 2. The fraction of sp³-hybridized carbons (Fsp3) is 0.350. The quantitative estimate of drug-likeness (QED) is 0.789. The fourth-order valence-corrected chi connectivity index (χ4v) is 3.97. The van der Waals surface area contributed by atoms with Crippen molar-refractivity contribution in [3.8, 4) is 6.07 Å². The van der Waals surface area contributed by atoms with Crippen molar-refractivity contribution in [3.05, 3.63) is 52.2 Å². The zero-order valence-corrected chi connectivity index (χ0v) is 14.6. The number of aromatic nitrogens is 1. The first-order valence-corrected chi connectivity index (χ1v) is 9.18. The van der Waals surface area contributed by atoms with Crippen LogP contribution in [0.1, 0.15) is 40.8 Å². The summed E-state index contributed by atoms with van der Waals surface area (Å²) in [6.07, 6.45) is 6.12. The first kappa shape index (κ1) is 16.1. The number of fused-ring (bicyclic) bond motifs is 2. The van der Waals surface area contributed by atoms with Gasteiger partial charge in [0.2, 0.25) is 5.91 Å². The lowest BCUT2D eigenvalue weighted by molar-refractivity contribution is -0.115. The summed E-state index contributed by atoms with van der Waals surface area (Å²) in [6, 6.07) is 10.1. The van der Waals surface area contributed by atoms with Gasteiger partial charge in [0.25, 0.3) is 0 Å². The molecule has 0 fully saturated rings. The van der Waals surface area contributed by atoms with E-state index in [4.69, 9.17) is 11.6 Å². The molecule has 0 saturated carbocycles. The van der Waals surface area contributed by atoms with Crippen LogP contribution in [0.25, 0.3) is 0 Å². The Kier molecular flexibility index (Phi) is 4.19. The van der Waals surface area contributed by atoms with Crippen LogP contribution in [-0.2, 0) is 30.5 Å². The molecular formula is C20H18ClN3O. The SMILES string of the molecule is N#Cc1cc2c(nc1N(C(=O)CCl)c1ccc3c(c1)CCC3)CCC2. The summed E-state index contributed by atoms with van der Waals surface area (Å²) in [5.41, 5.74) is 5.89.